The summed E-state index contributed by atoms with van der Waals surface area (Å²) in [7, 11) is 4.23. The van der Waals surface area contributed by atoms with Gasteiger partial charge in [-0.05, 0) is 12.8 Å². The number of aryl methyl sites for hydroxylation is 1. The summed E-state index contributed by atoms with van der Waals surface area (Å²) in [6, 6.07) is 10.6. The second kappa shape index (κ2) is 9.19. The zero-order chi connectivity index (χ0) is 18.4. The summed E-state index contributed by atoms with van der Waals surface area (Å²) in [5.74, 6) is 1.48. The Hall–Kier alpha value is -1.86. The first-order valence-corrected chi connectivity index (χ1v) is 10.3. The Balaban J connectivity index is 1.52. The van der Waals surface area contributed by atoms with E-state index in [0.717, 1.165) is 30.4 Å². The standard InChI is InChI=1S/C19H27N5OS/c1-23(2)16(15-9-5-3-6-10-15)13-20-18(25)14-26-19-22-21-17-11-7-4-8-12-24(17)19/h3,5-6,9-10,16H,4,7-8,11-14H2,1-2H3,(H,20,25)/p+1/t16-/m1/s1. The molecule has 0 bridgehead atoms. The molecular weight excluding hydrogens is 346 g/mol. The predicted molar refractivity (Wildman–Crippen MR) is 103 cm³/mol. The zero-order valence-corrected chi connectivity index (χ0v) is 16.4. The molecule has 3 rings (SSSR count). The monoisotopic (exact) mass is 374 g/mol. The highest BCUT2D eigenvalue weighted by Gasteiger charge is 2.19. The Kier molecular flexibility index (Phi) is 6.68. The van der Waals surface area contributed by atoms with E-state index in [0.29, 0.717) is 12.3 Å². The molecule has 0 radical (unpaired) electrons. The molecule has 1 amide bonds. The highest BCUT2D eigenvalue weighted by Crippen LogP contribution is 2.21. The minimum atomic E-state index is 0.0446. The third-order valence-corrected chi connectivity index (χ3v) is 5.78. The van der Waals surface area contributed by atoms with Crippen molar-refractivity contribution in [2.75, 3.05) is 26.4 Å². The Morgan fingerprint density at radius 2 is 2.04 bits per heavy atom. The van der Waals surface area contributed by atoms with E-state index in [1.165, 1.54) is 35.1 Å². The molecule has 2 aromatic rings. The van der Waals surface area contributed by atoms with E-state index >= 15 is 0 Å². The number of carbonyl (C=O) groups excluding carboxylic acids is 1. The van der Waals surface area contributed by atoms with Crippen LogP contribution in [0.5, 0.6) is 0 Å². The molecule has 7 heteroatoms. The van der Waals surface area contributed by atoms with E-state index in [-0.39, 0.29) is 11.9 Å². The minimum absolute atomic E-state index is 0.0446. The van der Waals surface area contributed by atoms with E-state index in [1.54, 1.807) is 0 Å². The lowest BCUT2D eigenvalue weighted by atomic mass is 10.1. The fraction of sp³-hybridized carbons (Fsp3) is 0.526. The first-order valence-electron chi connectivity index (χ1n) is 9.31. The maximum Gasteiger partial charge on any atom is 0.230 e. The molecule has 0 unspecified atom stereocenters. The lowest BCUT2D eigenvalue weighted by Gasteiger charge is -2.22. The molecule has 140 valence electrons. The fourth-order valence-electron chi connectivity index (χ4n) is 3.30. The molecular formula is C19H28N5OS+. The normalized spacial score (nSPS) is 15.3. The number of fused-ring (bicyclic) bond motifs is 1. The van der Waals surface area contributed by atoms with Gasteiger partial charge in [0.1, 0.15) is 11.9 Å². The lowest BCUT2D eigenvalue weighted by molar-refractivity contribution is -0.890. The molecule has 2 N–H and O–H groups in total. The average molecular weight is 375 g/mol. The highest BCUT2D eigenvalue weighted by atomic mass is 32.2. The van der Waals surface area contributed by atoms with Gasteiger partial charge in [-0.15, -0.1) is 10.2 Å². The molecule has 0 saturated heterocycles. The van der Waals surface area contributed by atoms with Crippen LogP contribution in [0.2, 0.25) is 0 Å². The Morgan fingerprint density at radius 1 is 1.23 bits per heavy atom. The molecule has 1 aliphatic rings. The number of quaternary nitrogens is 1. The fourth-order valence-corrected chi connectivity index (χ4v) is 4.12. The largest absolute Gasteiger partial charge is 0.349 e. The van der Waals surface area contributed by atoms with E-state index in [2.05, 4.69) is 46.3 Å². The highest BCUT2D eigenvalue weighted by molar-refractivity contribution is 7.99. The summed E-state index contributed by atoms with van der Waals surface area (Å²) in [5, 5.41) is 12.5. The second-order valence-corrected chi connectivity index (χ2v) is 7.94. The molecule has 26 heavy (non-hydrogen) atoms. The van der Waals surface area contributed by atoms with Gasteiger partial charge in [-0.3, -0.25) is 4.79 Å². The summed E-state index contributed by atoms with van der Waals surface area (Å²) in [4.78, 5) is 13.6. The van der Waals surface area contributed by atoms with Gasteiger partial charge >= 0.3 is 0 Å². The SMILES string of the molecule is C[NH+](C)[C@H](CNC(=O)CSc1nnc2n1CCCCC2)c1ccccc1. The maximum atomic E-state index is 12.3. The van der Waals surface area contributed by atoms with Gasteiger partial charge in [-0.2, -0.15) is 0 Å². The molecule has 1 aromatic heterocycles. The van der Waals surface area contributed by atoms with Crippen molar-refractivity contribution in [2.45, 2.75) is 43.4 Å². The van der Waals surface area contributed by atoms with Crippen LogP contribution in [0.3, 0.4) is 0 Å². The van der Waals surface area contributed by atoms with Crippen molar-refractivity contribution in [1.29, 1.82) is 0 Å². The Bertz CT molecular complexity index is 716. The number of thioether (sulfide) groups is 1. The van der Waals surface area contributed by atoms with Gasteiger partial charge in [-0.25, -0.2) is 0 Å². The van der Waals surface area contributed by atoms with Gasteiger partial charge in [0.15, 0.2) is 5.16 Å². The number of nitrogens with zero attached hydrogens (tertiary/aromatic N) is 3. The zero-order valence-electron chi connectivity index (χ0n) is 15.6. The maximum absolute atomic E-state index is 12.3. The minimum Gasteiger partial charge on any atom is -0.349 e. The number of hydrogen-bond donors (Lipinski definition) is 2. The molecule has 2 heterocycles. The van der Waals surface area contributed by atoms with E-state index in [1.807, 2.05) is 18.2 Å². The molecule has 0 aliphatic carbocycles. The van der Waals surface area contributed by atoms with Crippen molar-refractivity contribution in [2.24, 2.45) is 0 Å². The van der Waals surface area contributed by atoms with Gasteiger partial charge in [0, 0.05) is 18.5 Å². The van der Waals surface area contributed by atoms with E-state index in [4.69, 9.17) is 0 Å². The van der Waals surface area contributed by atoms with Crippen LogP contribution in [0.15, 0.2) is 35.5 Å². The number of amides is 1. The topological polar surface area (TPSA) is 64.2 Å². The Labute approximate surface area is 159 Å². The molecule has 1 aliphatic heterocycles. The summed E-state index contributed by atoms with van der Waals surface area (Å²) in [6.45, 7) is 1.59. The van der Waals surface area contributed by atoms with Crippen LogP contribution in [0.4, 0.5) is 0 Å². The third-order valence-electron chi connectivity index (χ3n) is 4.81. The van der Waals surface area contributed by atoms with Crippen LogP contribution in [0, 0.1) is 0 Å². The molecule has 0 saturated carbocycles. The van der Waals surface area contributed by atoms with Gasteiger partial charge in [-0.1, -0.05) is 48.5 Å². The van der Waals surface area contributed by atoms with Crippen LogP contribution in [-0.2, 0) is 17.8 Å². The molecule has 0 fully saturated rings. The molecule has 0 spiro atoms. The van der Waals surface area contributed by atoms with Crippen molar-refractivity contribution in [3.63, 3.8) is 0 Å². The van der Waals surface area contributed by atoms with Crippen molar-refractivity contribution in [3.8, 4) is 0 Å². The summed E-state index contributed by atoms with van der Waals surface area (Å²) in [6.07, 6.45) is 4.57. The second-order valence-electron chi connectivity index (χ2n) is 6.99. The van der Waals surface area contributed by atoms with Gasteiger partial charge in [0.25, 0.3) is 0 Å². The van der Waals surface area contributed by atoms with Crippen LogP contribution in [0.25, 0.3) is 0 Å². The number of aromatic nitrogens is 3. The van der Waals surface area contributed by atoms with Gasteiger partial charge in [0.05, 0.1) is 26.4 Å². The average Bonchev–Trinajstić information content (AvgIpc) is 2.87. The van der Waals surface area contributed by atoms with E-state index < -0.39 is 0 Å². The van der Waals surface area contributed by atoms with Crippen molar-refractivity contribution >= 4 is 17.7 Å². The van der Waals surface area contributed by atoms with Crippen LogP contribution in [-0.4, -0.2) is 47.1 Å². The summed E-state index contributed by atoms with van der Waals surface area (Å²) >= 11 is 1.49. The predicted octanol–water partition coefficient (Wildman–Crippen LogP) is 1.10. The number of hydrogen-bond acceptors (Lipinski definition) is 4. The summed E-state index contributed by atoms with van der Waals surface area (Å²) < 4.78 is 2.18. The molecule has 1 atom stereocenters. The number of rotatable bonds is 7. The number of likely N-dealkylation sites (N-methyl/N-ethyl adjacent to an activating group) is 1. The van der Waals surface area contributed by atoms with Gasteiger partial charge < -0.3 is 14.8 Å². The third kappa shape index (κ3) is 4.86. The van der Waals surface area contributed by atoms with Crippen molar-refractivity contribution in [3.05, 3.63) is 41.7 Å². The van der Waals surface area contributed by atoms with E-state index in [9.17, 15) is 4.79 Å². The quantitative estimate of drug-likeness (QED) is 0.713. The van der Waals surface area contributed by atoms with Crippen LogP contribution >= 0.6 is 11.8 Å². The number of nitrogens with one attached hydrogen (secondary N) is 2. The summed E-state index contributed by atoms with van der Waals surface area (Å²) in [5.41, 5.74) is 1.24. The molecule has 1 aromatic carbocycles. The van der Waals surface area contributed by atoms with Gasteiger partial charge in [0.2, 0.25) is 5.91 Å². The Morgan fingerprint density at radius 3 is 2.81 bits per heavy atom. The van der Waals surface area contributed by atoms with Crippen molar-refractivity contribution < 1.29 is 9.69 Å². The molecule has 6 nitrogen and oxygen atoms in total. The van der Waals surface area contributed by atoms with Crippen LogP contribution in [0.1, 0.15) is 36.7 Å². The first kappa shape index (κ1) is 18.9. The first-order chi connectivity index (χ1) is 12.6. The lowest BCUT2D eigenvalue weighted by Crippen LogP contribution is -3.07. The number of benzene rings is 1. The van der Waals surface area contributed by atoms with Crippen molar-refractivity contribution in [1.82, 2.24) is 20.1 Å². The van der Waals surface area contributed by atoms with Crippen LogP contribution < -0.4 is 10.2 Å². The number of carbonyl (C=O) groups is 1. The smallest absolute Gasteiger partial charge is 0.230 e.